The highest BCUT2D eigenvalue weighted by Gasteiger charge is 2.21. The summed E-state index contributed by atoms with van der Waals surface area (Å²) in [4.78, 5) is 21.5. The van der Waals surface area contributed by atoms with Crippen LogP contribution in [0.2, 0.25) is 0 Å². The third-order valence-corrected chi connectivity index (χ3v) is 4.73. The Morgan fingerprint density at radius 3 is 2.54 bits per heavy atom. The van der Waals surface area contributed by atoms with E-state index in [2.05, 4.69) is 9.46 Å². The van der Waals surface area contributed by atoms with E-state index in [4.69, 9.17) is 0 Å². The SMILES string of the molecule is COC(=O)c1cccc(NS(=O)(=O)c2cc([N+](=O)[O-])ccc2C)c1. The van der Waals surface area contributed by atoms with Crippen LogP contribution in [0.5, 0.6) is 0 Å². The van der Waals surface area contributed by atoms with Crippen LogP contribution in [0, 0.1) is 17.0 Å². The molecule has 0 amide bonds. The number of nitro benzene ring substituents is 1. The van der Waals surface area contributed by atoms with E-state index in [1.807, 2.05) is 0 Å². The number of anilines is 1. The minimum atomic E-state index is -4.06. The van der Waals surface area contributed by atoms with Gasteiger partial charge < -0.3 is 4.74 Å². The molecule has 126 valence electrons. The molecule has 0 spiro atoms. The first kappa shape index (κ1) is 17.4. The summed E-state index contributed by atoms with van der Waals surface area (Å²) in [6, 6.07) is 9.31. The number of carbonyl (C=O) groups is 1. The summed E-state index contributed by atoms with van der Waals surface area (Å²) in [6.07, 6.45) is 0. The topological polar surface area (TPSA) is 116 Å². The maximum absolute atomic E-state index is 12.5. The van der Waals surface area contributed by atoms with Crippen LogP contribution < -0.4 is 4.72 Å². The first-order valence-corrected chi connectivity index (χ1v) is 8.19. The smallest absolute Gasteiger partial charge is 0.337 e. The fraction of sp³-hybridized carbons (Fsp3) is 0.133. The van der Waals surface area contributed by atoms with Gasteiger partial charge >= 0.3 is 5.97 Å². The number of sulfonamides is 1. The quantitative estimate of drug-likeness (QED) is 0.503. The average molecular weight is 350 g/mol. The molecule has 0 radical (unpaired) electrons. The Hall–Kier alpha value is -2.94. The fourth-order valence-electron chi connectivity index (χ4n) is 2.03. The zero-order chi connectivity index (χ0) is 17.9. The summed E-state index contributed by atoms with van der Waals surface area (Å²) < 4.78 is 31.9. The van der Waals surface area contributed by atoms with Crippen molar-refractivity contribution in [3.05, 3.63) is 63.7 Å². The van der Waals surface area contributed by atoms with Crippen LogP contribution in [0.15, 0.2) is 47.4 Å². The summed E-state index contributed by atoms with van der Waals surface area (Å²) in [7, 11) is -2.84. The van der Waals surface area contributed by atoms with Gasteiger partial charge in [0, 0.05) is 17.8 Å². The van der Waals surface area contributed by atoms with Crippen LogP contribution in [0.25, 0.3) is 0 Å². The number of aryl methyl sites for hydroxylation is 1. The number of nitro groups is 1. The molecule has 0 atom stereocenters. The minimum Gasteiger partial charge on any atom is -0.465 e. The van der Waals surface area contributed by atoms with Crippen LogP contribution in [0.3, 0.4) is 0 Å². The van der Waals surface area contributed by atoms with Gasteiger partial charge in [-0.25, -0.2) is 13.2 Å². The normalized spacial score (nSPS) is 10.9. The highest BCUT2D eigenvalue weighted by atomic mass is 32.2. The summed E-state index contributed by atoms with van der Waals surface area (Å²) in [5, 5.41) is 10.8. The van der Waals surface area contributed by atoms with Gasteiger partial charge in [-0.1, -0.05) is 12.1 Å². The van der Waals surface area contributed by atoms with Crippen LogP contribution in [0.4, 0.5) is 11.4 Å². The van der Waals surface area contributed by atoms with Gasteiger partial charge in [0.25, 0.3) is 15.7 Å². The maximum Gasteiger partial charge on any atom is 0.337 e. The molecule has 0 saturated heterocycles. The first-order valence-electron chi connectivity index (χ1n) is 6.71. The van der Waals surface area contributed by atoms with Gasteiger partial charge in [0.15, 0.2) is 0 Å². The second-order valence-electron chi connectivity index (χ2n) is 4.88. The Morgan fingerprint density at radius 1 is 1.21 bits per heavy atom. The van der Waals surface area contributed by atoms with Crippen molar-refractivity contribution in [2.24, 2.45) is 0 Å². The highest BCUT2D eigenvalue weighted by Crippen LogP contribution is 2.24. The van der Waals surface area contributed by atoms with E-state index in [1.165, 1.54) is 50.4 Å². The zero-order valence-corrected chi connectivity index (χ0v) is 13.7. The highest BCUT2D eigenvalue weighted by molar-refractivity contribution is 7.92. The van der Waals surface area contributed by atoms with Crippen molar-refractivity contribution >= 4 is 27.4 Å². The number of hydrogen-bond donors (Lipinski definition) is 1. The van der Waals surface area contributed by atoms with Crippen molar-refractivity contribution in [1.82, 2.24) is 0 Å². The van der Waals surface area contributed by atoms with Crippen LogP contribution in [-0.2, 0) is 14.8 Å². The zero-order valence-electron chi connectivity index (χ0n) is 12.8. The van der Waals surface area contributed by atoms with E-state index >= 15 is 0 Å². The number of non-ortho nitro benzene ring substituents is 1. The summed E-state index contributed by atoms with van der Waals surface area (Å²) in [6.45, 7) is 1.53. The lowest BCUT2D eigenvalue weighted by molar-refractivity contribution is -0.385. The molecule has 0 fully saturated rings. The van der Waals surface area contributed by atoms with Crippen molar-refractivity contribution < 1.29 is 22.9 Å². The number of carbonyl (C=O) groups excluding carboxylic acids is 1. The van der Waals surface area contributed by atoms with Crippen molar-refractivity contribution in [1.29, 1.82) is 0 Å². The Kier molecular flexibility index (Phi) is 4.84. The van der Waals surface area contributed by atoms with E-state index < -0.39 is 20.9 Å². The third-order valence-electron chi connectivity index (χ3n) is 3.21. The van der Waals surface area contributed by atoms with E-state index in [0.717, 1.165) is 6.07 Å². The lowest BCUT2D eigenvalue weighted by Crippen LogP contribution is -2.15. The van der Waals surface area contributed by atoms with Gasteiger partial charge in [-0.05, 0) is 30.7 Å². The Balaban J connectivity index is 2.41. The fourth-order valence-corrected chi connectivity index (χ4v) is 3.34. The van der Waals surface area contributed by atoms with E-state index in [-0.39, 0.29) is 21.8 Å². The lowest BCUT2D eigenvalue weighted by atomic mass is 10.2. The number of benzene rings is 2. The van der Waals surface area contributed by atoms with Gasteiger partial charge in [0.05, 0.1) is 22.5 Å². The predicted molar refractivity (Wildman–Crippen MR) is 86.4 cm³/mol. The van der Waals surface area contributed by atoms with Gasteiger partial charge in [0.1, 0.15) is 0 Å². The van der Waals surface area contributed by atoms with Gasteiger partial charge in [0.2, 0.25) is 0 Å². The molecule has 0 unspecified atom stereocenters. The molecular weight excluding hydrogens is 336 g/mol. The largest absolute Gasteiger partial charge is 0.465 e. The maximum atomic E-state index is 12.5. The number of nitrogens with one attached hydrogen (secondary N) is 1. The van der Waals surface area contributed by atoms with Crippen LogP contribution in [-0.4, -0.2) is 26.4 Å². The van der Waals surface area contributed by atoms with Crippen LogP contribution >= 0.6 is 0 Å². The molecule has 2 aromatic rings. The number of hydrogen-bond acceptors (Lipinski definition) is 6. The second kappa shape index (κ2) is 6.67. The molecule has 1 N–H and O–H groups in total. The Bertz CT molecular complexity index is 908. The molecule has 2 rings (SSSR count). The predicted octanol–water partition coefficient (Wildman–Crippen LogP) is 2.49. The summed E-state index contributed by atoms with van der Waals surface area (Å²) >= 11 is 0. The number of rotatable bonds is 5. The van der Waals surface area contributed by atoms with E-state index in [9.17, 15) is 23.3 Å². The average Bonchev–Trinajstić information content (AvgIpc) is 2.53. The first-order chi connectivity index (χ1) is 11.2. The van der Waals surface area contributed by atoms with Gasteiger partial charge in [-0.2, -0.15) is 0 Å². The number of methoxy groups -OCH3 is 1. The van der Waals surface area contributed by atoms with Crippen molar-refractivity contribution in [3.63, 3.8) is 0 Å². The van der Waals surface area contributed by atoms with Crippen molar-refractivity contribution in [3.8, 4) is 0 Å². The monoisotopic (exact) mass is 350 g/mol. The number of esters is 1. The number of nitrogens with zero attached hydrogens (tertiary/aromatic N) is 1. The molecule has 0 saturated carbocycles. The molecule has 0 bridgehead atoms. The van der Waals surface area contributed by atoms with E-state index in [1.54, 1.807) is 0 Å². The van der Waals surface area contributed by atoms with Gasteiger partial charge in [-0.3, -0.25) is 14.8 Å². The van der Waals surface area contributed by atoms with E-state index in [0.29, 0.717) is 5.56 Å². The molecule has 0 aliphatic heterocycles. The third kappa shape index (κ3) is 3.69. The molecule has 0 aliphatic rings. The molecular formula is C15H14N2O6S. The summed E-state index contributed by atoms with van der Waals surface area (Å²) in [5.41, 5.74) is 0.346. The molecule has 8 nitrogen and oxygen atoms in total. The minimum absolute atomic E-state index is 0.142. The van der Waals surface area contributed by atoms with Crippen molar-refractivity contribution in [2.45, 2.75) is 11.8 Å². The van der Waals surface area contributed by atoms with Gasteiger partial charge in [-0.15, -0.1) is 0 Å². The van der Waals surface area contributed by atoms with Crippen molar-refractivity contribution in [2.75, 3.05) is 11.8 Å². The molecule has 0 aliphatic carbocycles. The lowest BCUT2D eigenvalue weighted by Gasteiger charge is -2.11. The standard InChI is InChI=1S/C15H14N2O6S/c1-10-6-7-13(17(19)20)9-14(10)24(21,22)16-12-5-3-4-11(8-12)15(18)23-2/h3-9,16H,1-2H3. The molecule has 0 aromatic heterocycles. The molecule has 24 heavy (non-hydrogen) atoms. The van der Waals surface area contributed by atoms with Crippen LogP contribution in [0.1, 0.15) is 15.9 Å². The molecule has 2 aromatic carbocycles. The number of ether oxygens (including phenoxy) is 1. The molecule has 9 heteroatoms. The second-order valence-corrected chi connectivity index (χ2v) is 6.54. The molecule has 0 heterocycles. The summed E-state index contributed by atoms with van der Waals surface area (Å²) in [5.74, 6) is -0.609. The Labute approximate surface area is 138 Å². The Morgan fingerprint density at radius 2 is 1.92 bits per heavy atom.